The number of thioether (sulfide) groups is 1. The van der Waals surface area contributed by atoms with Crippen LogP contribution in [0.25, 0.3) is 11.0 Å². The van der Waals surface area contributed by atoms with Crippen LogP contribution in [-0.2, 0) is 12.7 Å². The Kier molecular flexibility index (Phi) is 6.68. The molecule has 0 fully saturated rings. The van der Waals surface area contributed by atoms with E-state index in [1.807, 2.05) is 30.5 Å². The lowest BCUT2D eigenvalue weighted by molar-refractivity contribution is -0.137. The van der Waals surface area contributed by atoms with E-state index in [-0.39, 0.29) is 12.6 Å². The van der Waals surface area contributed by atoms with Gasteiger partial charge in [0.25, 0.3) is 0 Å². The molecule has 2 amide bonds. The molecule has 0 saturated carbocycles. The van der Waals surface area contributed by atoms with Gasteiger partial charge in [-0.1, -0.05) is 24.3 Å². The number of imidazole rings is 1. The van der Waals surface area contributed by atoms with E-state index in [0.717, 1.165) is 28.9 Å². The number of nitrogens with zero attached hydrogens (tertiary/aromatic N) is 1. The van der Waals surface area contributed by atoms with Gasteiger partial charge in [-0.15, -0.1) is 0 Å². The minimum atomic E-state index is -4.41. The summed E-state index contributed by atoms with van der Waals surface area (Å²) in [5.41, 5.74) is 1.32. The number of aromatic amines is 1. The molecule has 0 aliphatic heterocycles. The van der Waals surface area contributed by atoms with E-state index in [9.17, 15) is 18.0 Å². The highest BCUT2D eigenvalue weighted by Crippen LogP contribution is 2.29. The van der Waals surface area contributed by atoms with Gasteiger partial charge in [0.15, 0.2) is 0 Å². The smallest absolute Gasteiger partial charge is 0.340 e. The van der Waals surface area contributed by atoms with E-state index in [2.05, 4.69) is 20.6 Å². The molecule has 0 aliphatic carbocycles. The maximum Gasteiger partial charge on any atom is 0.416 e. The van der Waals surface area contributed by atoms with Crippen LogP contribution in [0.5, 0.6) is 0 Å². The third kappa shape index (κ3) is 5.66. The number of alkyl halides is 3. The number of nitrogens with one attached hydrogen (secondary N) is 3. The van der Waals surface area contributed by atoms with Gasteiger partial charge >= 0.3 is 12.2 Å². The van der Waals surface area contributed by atoms with E-state index in [4.69, 9.17) is 0 Å². The van der Waals surface area contributed by atoms with Crippen molar-refractivity contribution in [1.29, 1.82) is 0 Å². The van der Waals surface area contributed by atoms with E-state index >= 15 is 0 Å². The highest BCUT2D eigenvalue weighted by atomic mass is 32.2. The number of carbonyl (C=O) groups excluding carboxylic acids is 1. The van der Waals surface area contributed by atoms with Gasteiger partial charge in [0.05, 0.1) is 22.6 Å². The van der Waals surface area contributed by atoms with Crippen LogP contribution < -0.4 is 10.6 Å². The number of para-hydroxylation sites is 2. The summed E-state index contributed by atoms with van der Waals surface area (Å²) in [6.07, 6.45) is -1.77. The molecule has 0 bridgehead atoms. The van der Waals surface area contributed by atoms with Crippen LogP contribution in [0, 0.1) is 0 Å². The number of urea groups is 1. The number of fused-ring (bicyclic) bond motifs is 1. The lowest BCUT2D eigenvalue weighted by Gasteiger charge is -2.17. The molecule has 9 heteroatoms. The third-order valence-corrected chi connectivity index (χ3v) is 5.01. The lowest BCUT2D eigenvalue weighted by Crippen LogP contribution is -2.38. The van der Waals surface area contributed by atoms with E-state index < -0.39 is 17.8 Å². The van der Waals surface area contributed by atoms with Crippen LogP contribution in [0.15, 0.2) is 48.5 Å². The van der Waals surface area contributed by atoms with Gasteiger partial charge in [0.2, 0.25) is 0 Å². The fourth-order valence-corrected chi connectivity index (χ4v) is 3.37. The highest BCUT2D eigenvalue weighted by molar-refractivity contribution is 7.98. The van der Waals surface area contributed by atoms with Crippen molar-refractivity contribution in [2.24, 2.45) is 0 Å². The second kappa shape index (κ2) is 9.21. The normalized spacial score (nSPS) is 12.7. The zero-order valence-corrected chi connectivity index (χ0v) is 16.5. The Morgan fingerprint density at radius 1 is 1.21 bits per heavy atom. The van der Waals surface area contributed by atoms with Crippen molar-refractivity contribution in [1.82, 2.24) is 20.6 Å². The number of amides is 2. The molecule has 3 rings (SSSR count). The number of hydrogen-bond donors (Lipinski definition) is 3. The average molecular weight is 422 g/mol. The van der Waals surface area contributed by atoms with Gasteiger partial charge < -0.3 is 15.6 Å². The number of benzene rings is 2. The maximum absolute atomic E-state index is 12.8. The number of aromatic nitrogens is 2. The quantitative estimate of drug-likeness (QED) is 0.509. The molecule has 154 valence electrons. The monoisotopic (exact) mass is 422 g/mol. The SMILES string of the molecule is CSCC[C@H](NC(=O)NCc1cccc(C(F)(F)F)c1)c1nc2ccccc2[nH]1. The fourth-order valence-electron chi connectivity index (χ4n) is 2.90. The molecular formula is C20H21F3N4OS. The molecule has 0 saturated heterocycles. The lowest BCUT2D eigenvalue weighted by atomic mass is 10.1. The van der Waals surface area contributed by atoms with Crippen LogP contribution in [0.3, 0.4) is 0 Å². The molecular weight excluding hydrogens is 401 g/mol. The fraction of sp³-hybridized carbons (Fsp3) is 0.300. The van der Waals surface area contributed by atoms with Crippen molar-refractivity contribution in [2.45, 2.75) is 25.2 Å². The largest absolute Gasteiger partial charge is 0.416 e. The number of H-pyrrole nitrogens is 1. The molecule has 0 aliphatic rings. The zero-order valence-electron chi connectivity index (χ0n) is 15.7. The van der Waals surface area contributed by atoms with Crippen molar-refractivity contribution in [3.05, 3.63) is 65.5 Å². The molecule has 0 radical (unpaired) electrons. The maximum atomic E-state index is 12.8. The summed E-state index contributed by atoms with van der Waals surface area (Å²) < 4.78 is 38.5. The molecule has 2 aromatic carbocycles. The molecule has 5 nitrogen and oxygen atoms in total. The van der Waals surface area contributed by atoms with Crippen molar-refractivity contribution in [2.75, 3.05) is 12.0 Å². The minimum Gasteiger partial charge on any atom is -0.340 e. The Labute approximate surface area is 170 Å². The third-order valence-electron chi connectivity index (χ3n) is 4.36. The molecule has 1 atom stereocenters. The first-order valence-electron chi connectivity index (χ1n) is 9.01. The van der Waals surface area contributed by atoms with Gasteiger partial charge in [-0.2, -0.15) is 24.9 Å². The molecule has 1 heterocycles. The second-order valence-electron chi connectivity index (χ2n) is 6.50. The van der Waals surface area contributed by atoms with Gasteiger partial charge in [0, 0.05) is 6.54 Å². The molecule has 29 heavy (non-hydrogen) atoms. The minimum absolute atomic E-state index is 0.00880. The number of halogens is 3. The van der Waals surface area contributed by atoms with Gasteiger partial charge in [-0.3, -0.25) is 0 Å². The van der Waals surface area contributed by atoms with Crippen molar-refractivity contribution in [3.63, 3.8) is 0 Å². The van der Waals surface area contributed by atoms with E-state index in [0.29, 0.717) is 17.8 Å². The predicted molar refractivity (Wildman–Crippen MR) is 109 cm³/mol. The average Bonchev–Trinajstić information content (AvgIpc) is 3.13. The first-order chi connectivity index (χ1) is 13.9. The first kappa shape index (κ1) is 21.0. The summed E-state index contributed by atoms with van der Waals surface area (Å²) in [6.45, 7) is -0.00880. The first-order valence-corrected chi connectivity index (χ1v) is 10.4. The van der Waals surface area contributed by atoms with Crippen LogP contribution in [-0.4, -0.2) is 28.0 Å². The molecule has 0 spiro atoms. The summed E-state index contributed by atoms with van der Waals surface area (Å²) >= 11 is 1.65. The van der Waals surface area contributed by atoms with Crippen LogP contribution >= 0.6 is 11.8 Å². The van der Waals surface area contributed by atoms with Crippen LogP contribution in [0.4, 0.5) is 18.0 Å². The Balaban J connectivity index is 1.66. The number of hydrogen-bond acceptors (Lipinski definition) is 3. The van der Waals surface area contributed by atoms with Crippen LogP contribution in [0.1, 0.15) is 29.4 Å². The topological polar surface area (TPSA) is 69.8 Å². The number of rotatable bonds is 7. The molecule has 0 unspecified atom stereocenters. The molecule has 1 aromatic heterocycles. The van der Waals surface area contributed by atoms with Gasteiger partial charge in [-0.25, -0.2) is 9.78 Å². The van der Waals surface area contributed by atoms with E-state index in [1.165, 1.54) is 6.07 Å². The molecule has 3 N–H and O–H groups in total. The summed E-state index contributed by atoms with van der Waals surface area (Å²) in [5.74, 6) is 1.46. The Morgan fingerprint density at radius 2 is 2.00 bits per heavy atom. The van der Waals surface area contributed by atoms with E-state index in [1.54, 1.807) is 17.8 Å². The second-order valence-corrected chi connectivity index (χ2v) is 7.48. The van der Waals surface area contributed by atoms with Crippen molar-refractivity contribution < 1.29 is 18.0 Å². The van der Waals surface area contributed by atoms with Gasteiger partial charge in [-0.05, 0) is 48.3 Å². The summed E-state index contributed by atoms with van der Waals surface area (Å²) in [4.78, 5) is 20.1. The predicted octanol–water partition coefficient (Wildman–Crippen LogP) is 4.88. The standard InChI is InChI=1S/C20H21F3N4OS/c1-29-10-9-17(18-25-15-7-2-3-8-16(15)26-18)27-19(28)24-12-13-5-4-6-14(11-13)20(21,22)23/h2-8,11,17H,9-10,12H2,1H3,(H,25,26)(H2,24,27,28)/t17-/m0/s1. The van der Waals surface area contributed by atoms with Crippen molar-refractivity contribution in [3.8, 4) is 0 Å². The van der Waals surface area contributed by atoms with Crippen LogP contribution in [0.2, 0.25) is 0 Å². The van der Waals surface area contributed by atoms with Gasteiger partial charge in [0.1, 0.15) is 5.82 Å². The Hall–Kier alpha value is -2.68. The summed E-state index contributed by atoms with van der Waals surface area (Å²) in [5, 5.41) is 5.49. The summed E-state index contributed by atoms with van der Waals surface area (Å²) in [7, 11) is 0. The molecule has 3 aromatic rings. The summed E-state index contributed by atoms with van der Waals surface area (Å²) in [6, 6.07) is 11.7. The number of carbonyl (C=O) groups is 1. The Morgan fingerprint density at radius 3 is 2.72 bits per heavy atom. The highest BCUT2D eigenvalue weighted by Gasteiger charge is 2.30. The van der Waals surface area contributed by atoms with Crippen molar-refractivity contribution >= 4 is 28.8 Å². The zero-order chi connectivity index (χ0) is 20.9. The Bertz CT molecular complexity index is 941.